The molecule has 1 heteroatoms. The second-order valence-electron chi connectivity index (χ2n) is 3.38. The van der Waals surface area contributed by atoms with Crippen molar-refractivity contribution in [1.82, 2.24) is 0 Å². The normalized spacial score (nSPS) is 13.8. The lowest BCUT2D eigenvalue weighted by Gasteiger charge is -2.11. The van der Waals surface area contributed by atoms with E-state index in [2.05, 4.69) is 44.4 Å². The Labute approximate surface area is 85.3 Å². The van der Waals surface area contributed by atoms with Gasteiger partial charge in [0.1, 0.15) is 0 Å². The predicted molar refractivity (Wildman–Crippen MR) is 61.5 cm³/mol. The molecule has 0 saturated carbocycles. The summed E-state index contributed by atoms with van der Waals surface area (Å²) in [6, 6.07) is 2.22. The van der Waals surface area contributed by atoms with Gasteiger partial charge in [0, 0.05) is 4.88 Å². The zero-order valence-electron chi connectivity index (χ0n) is 8.71. The van der Waals surface area contributed by atoms with Crippen LogP contribution < -0.4 is 0 Å². The molecule has 0 bridgehead atoms. The molecule has 0 fully saturated rings. The van der Waals surface area contributed by atoms with Crippen LogP contribution in [0.2, 0.25) is 0 Å². The predicted octanol–water partition coefficient (Wildman–Crippen LogP) is 4.52. The van der Waals surface area contributed by atoms with Gasteiger partial charge in [0.15, 0.2) is 0 Å². The number of thiophene rings is 1. The van der Waals surface area contributed by atoms with Crippen molar-refractivity contribution in [2.75, 3.05) is 0 Å². The van der Waals surface area contributed by atoms with E-state index in [0.717, 1.165) is 5.92 Å². The average molecular weight is 194 g/mol. The third kappa shape index (κ3) is 2.70. The van der Waals surface area contributed by atoms with Crippen LogP contribution in [0.1, 0.15) is 43.0 Å². The molecule has 0 N–H and O–H groups in total. The first kappa shape index (κ1) is 10.5. The largest absolute Gasteiger partial charge is 0.148 e. The van der Waals surface area contributed by atoms with Gasteiger partial charge in [-0.05, 0) is 49.6 Å². The molecule has 1 rings (SSSR count). The molecule has 0 amide bonds. The summed E-state index contributed by atoms with van der Waals surface area (Å²) in [5.74, 6) is 0.733. The van der Waals surface area contributed by atoms with E-state index in [-0.39, 0.29) is 0 Å². The van der Waals surface area contributed by atoms with E-state index in [4.69, 9.17) is 0 Å². The Balaban J connectivity index is 2.72. The summed E-state index contributed by atoms with van der Waals surface area (Å²) >= 11 is 1.90. The topological polar surface area (TPSA) is 0 Å². The van der Waals surface area contributed by atoms with Gasteiger partial charge in [0.2, 0.25) is 0 Å². The number of hydrogen-bond donors (Lipinski definition) is 0. The summed E-state index contributed by atoms with van der Waals surface area (Å²) < 4.78 is 0. The molecule has 0 spiro atoms. The summed E-state index contributed by atoms with van der Waals surface area (Å²) in [5.41, 5.74) is 1.46. The first-order valence-corrected chi connectivity index (χ1v) is 5.82. The van der Waals surface area contributed by atoms with Crippen LogP contribution in [0.15, 0.2) is 23.6 Å². The van der Waals surface area contributed by atoms with E-state index >= 15 is 0 Å². The molecule has 0 aromatic carbocycles. The van der Waals surface area contributed by atoms with E-state index in [9.17, 15) is 0 Å². The van der Waals surface area contributed by atoms with Gasteiger partial charge in [0.25, 0.3) is 0 Å². The Morgan fingerprint density at radius 2 is 2.31 bits per heavy atom. The lowest BCUT2D eigenvalue weighted by Crippen LogP contribution is -1.94. The van der Waals surface area contributed by atoms with Crippen LogP contribution in [0.25, 0.3) is 0 Å². The van der Waals surface area contributed by atoms with Gasteiger partial charge in [-0.25, -0.2) is 0 Å². The lowest BCUT2D eigenvalue weighted by molar-refractivity contribution is 0.683. The molecule has 72 valence electrons. The third-order valence-electron chi connectivity index (χ3n) is 2.42. The SMILES string of the molecule is C/C=C\CC(CC)c1sccc1C. The number of rotatable bonds is 4. The van der Waals surface area contributed by atoms with E-state index < -0.39 is 0 Å². The van der Waals surface area contributed by atoms with Crippen LogP contribution in [-0.4, -0.2) is 0 Å². The fraction of sp³-hybridized carbons (Fsp3) is 0.500. The molecule has 13 heavy (non-hydrogen) atoms. The van der Waals surface area contributed by atoms with Crippen molar-refractivity contribution in [1.29, 1.82) is 0 Å². The van der Waals surface area contributed by atoms with Crippen LogP contribution in [0.4, 0.5) is 0 Å². The summed E-state index contributed by atoms with van der Waals surface area (Å²) in [6.07, 6.45) is 6.85. The Hall–Kier alpha value is -0.560. The van der Waals surface area contributed by atoms with Gasteiger partial charge in [-0.2, -0.15) is 0 Å². The quantitative estimate of drug-likeness (QED) is 0.618. The highest BCUT2D eigenvalue weighted by molar-refractivity contribution is 7.10. The maximum Gasteiger partial charge on any atom is 0.0108 e. The van der Waals surface area contributed by atoms with Crippen molar-refractivity contribution in [3.63, 3.8) is 0 Å². The van der Waals surface area contributed by atoms with E-state index in [1.165, 1.54) is 18.4 Å². The molecule has 0 saturated heterocycles. The van der Waals surface area contributed by atoms with Crippen LogP contribution in [0.5, 0.6) is 0 Å². The van der Waals surface area contributed by atoms with Crippen LogP contribution in [0.3, 0.4) is 0 Å². The highest BCUT2D eigenvalue weighted by Gasteiger charge is 2.10. The first-order chi connectivity index (χ1) is 6.29. The average Bonchev–Trinajstić information content (AvgIpc) is 2.54. The molecule has 0 aliphatic carbocycles. The molecule has 1 aromatic rings. The van der Waals surface area contributed by atoms with Crippen molar-refractivity contribution < 1.29 is 0 Å². The Morgan fingerprint density at radius 1 is 1.54 bits per heavy atom. The fourth-order valence-electron chi connectivity index (χ4n) is 1.56. The molecule has 1 heterocycles. The highest BCUT2D eigenvalue weighted by atomic mass is 32.1. The Kier molecular flexibility index (Phi) is 4.23. The smallest absolute Gasteiger partial charge is 0.0108 e. The summed E-state index contributed by atoms with van der Waals surface area (Å²) in [5, 5.41) is 2.20. The molecule has 1 aromatic heterocycles. The van der Waals surface area contributed by atoms with Crippen molar-refractivity contribution in [3.8, 4) is 0 Å². The molecule has 0 radical (unpaired) electrons. The maximum atomic E-state index is 2.27. The number of aryl methyl sites for hydroxylation is 1. The zero-order chi connectivity index (χ0) is 9.68. The molecular weight excluding hydrogens is 176 g/mol. The monoisotopic (exact) mass is 194 g/mol. The molecule has 0 aliphatic rings. The summed E-state index contributed by atoms with van der Waals surface area (Å²) in [4.78, 5) is 1.57. The number of allylic oxidation sites excluding steroid dienone is 2. The van der Waals surface area contributed by atoms with Crippen molar-refractivity contribution in [3.05, 3.63) is 34.0 Å². The highest BCUT2D eigenvalue weighted by Crippen LogP contribution is 2.30. The minimum atomic E-state index is 0.733. The van der Waals surface area contributed by atoms with Gasteiger partial charge in [-0.3, -0.25) is 0 Å². The van der Waals surface area contributed by atoms with Gasteiger partial charge in [0.05, 0.1) is 0 Å². The van der Waals surface area contributed by atoms with E-state index in [1.54, 1.807) is 4.88 Å². The van der Waals surface area contributed by atoms with Crippen LogP contribution in [0, 0.1) is 6.92 Å². The second-order valence-corrected chi connectivity index (χ2v) is 4.33. The van der Waals surface area contributed by atoms with Crippen molar-refractivity contribution >= 4 is 11.3 Å². The van der Waals surface area contributed by atoms with Gasteiger partial charge in [-0.15, -0.1) is 11.3 Å². The fourth-order valence-corrected chi connectivity index (χ4v) is 2.69. The van der Waals surface area contributed by atoms with Gasteiger partial charge in [-0.1, -0.05) is 19.1 Å². The number of hydrogen-bond acceptors (Lipinski definition) is 1. The molecule has 0 aliphatic heterocycles. The molecule has 1 atom stereocenters. The van der Waals surface area contributed by atoms with Crippen LogP contribution in [-0.2, 0) is 0 Å². The summed E-state index contributed by atoms with van der Waals surface area (Å²) in [6.45, 7) is 6.57. The van der Waals surface area contributed by atoms with E-state index in [0.29, 0.717) is 0 Å². The lowest BCUT2D eigenvalue weighted by atomic mass is 9.98. The van der Waals surface area contributed by atoms with Crippen molar-refractivity contribution in [2.45, 2.75) is 39.5 Å². The second kappa shape index (κ2) is 5.23. The Bertz CT molecular complexity index is 270. The molecular formula is C12H18S. The zero-order valence-corrected chi connectivity index (χ0v) is 9.53. The Morgan fingerprint density at radius 3 is 2.77 bits per heavy atom. The minimum absolute atomic E-state index is 0.733. The van der Waals surface area contributed by atoms with Crippen molar-refractivity contribution in [2.24, 2.45) is 0 Å². The minimum Gasteiger partial charge on any atom is -0.148 e. The molecule has 0 nitrogen and oxygen atoms in total. The maximum absolute atomic E-state index is 2.27. The first-order valence-electron chi connectivity index (χ1n) is 4.94. The van der Waals surface area contributed by atoms with Crippen LogP contribution >= 0.6 is 11.3 Å². The van der Waals surface area contributed by atoms with Gasteiger partial charge < -0.3 is 0 Å². The summed E-state index contributed by atoms with van der Waals surface area (Å²) in [7, 11) is 0. The standard InChI is InChI=1S/C12H18S/c1-4-6-7-11(5-2)12-10(3)8-9-13-12/h4,6,8-9,11H,5,7H2,1-3H3/b6-4-. The molecule has 1 unspecified atom stereocenters. The third-order valence-corrected chi connectivity index (χ3v) is 3.60. The van der Waals surface area contributed by atoms with E-state index in [1.807, 2.05) is 11.3 Å². The van der Waals surface area contributed by atoms with Gasteiger partial charge >= 0.3 is 0 Å².